The molecule has 0 aliphatic heterocycles. The first-order valence-corrected chi connectivity index (χ1v) is 8.50. The van der Waals surface area contributed by atoms with E-state index in [2.05, 4.69) is 26.2 Å². The fraction of sp³-hybridized carbons (Fsp3) is 0.0909. The van der Waals surface area contributed by atoms with Gasteiger partial charge >= 0.3 is 0 Å². The zero-order valence-electron chi connectivity index (χ0n) is 10.3. The van der Waals surface area contributed by atoms with Crippen LogP contribution >= 0.6 is 27.3 Å². The van der Waals surface area contributed by atoms with Gasteiger partial charge in [0.25, 0.3) is 5.91 Å². The number of primary sulfonamides is 1. The summed E-state index contributed by atoms with van der Waals surface area (Å²) in [6.07, 6.45) is 0. The summed E-state index contributed by atoms with van der Waals surface area (Å²) in [5.41, 5.74) is 0.692. The number of halogens is 1. The summed E-state index contributed by atoms with van der Waals surface area (Å²) in [6.45, 7) is 1.52. The Morgan fingerprint density at radius 2 is 2.05 bits per heavy atom. The smallest absolute Gasteiger partial charge is 0.258 e. The maximum Gasteiger partial charge on any atom is 0.258 e. The summed E-state index contributed by atoms with van der Waals surface area (Å²) in [4.78, 5) is 16.0. The van der Waals surface area contributed by atoms with E-state index in [1.54, 1.807) is 24.3 Å². The van der Waals surface area contributed by atoms with Crippen molar-refractivity contribution in [2.24, 2.45) is 5.14 Å². The van der Waals surface area contributed by atoms with Crippen molar-refractivity contribution >= 4 is 48.3 Å². The Hall–Kier alpha value is -1.29. The van der Waals surface area contributed by atoms with E-state index < -0.39 is 10.0 Å². The zero-order valence-corrected chi connectivity index (χ0v) is 13.5. The summed E-state index contributed by atoms with van der Waals surface area (Å²) in [5, 5.41) is 7.80. The Morgan fingerprint density at radius 1 is 1.40 bits per heavy atom. The van der Waals surface area contributed by atoms with E-state index >= 15 is 0 Å². The van der Waals surface area contributed by atoms with Gasteiger partial charge in [-0.05, 0) is 35.0 Å². The van der Waals surface area contributed by atoms with E-state index in [-0.39, 0.29) is 20.9 Å². The number of thiazole rings is 1. The number of amides is 1. The van der Waals surface area contributed by atoms with Gasteiger partial charge in [-0.2, -0.15) is 0 Å². The number of hydrogen-bond acceptors (Lipinski definition) is 5. The summed E-state index contributed by atoms with van der Waals surface area (Å²) >= 11 is 4.09. The van der Waals surface area contributed by atoms with Gasteiger partial charge in [0.1, 0.15) is 0 Å². The third-order valence-corrected chi connectivity index (χ3v) is 5.67. The average molecular weight is 376 g/mol. The molecule has 20 heavy (non-hydrogen) atoms. The standard InChI is InChI=1S/C11H10BrN3O3S2/c1-6-10(20(13,17)18)19-11(14-6)15-9(16)7-4-2-3-5-8(7)12/h2-5H,1H3,(H2,13,17,18)(H,14,15,16). The average Bonchev–Trinajstić information content (AvgIpc) is 2.70. The molecule has 2 rings (SSSR count). The van der Waals surface area contributed by atoms with Crippen molar-refractivity contribution in [1.82, 2.24) is 4.98 Å². The van der Waals surface area contributed by atoms with E-state index in [0.29, 0.717) is 10.0 Å². The number of anilines is 1. The second-order valence-electron chi connectivity index (χ2n) is 3.87. The minimum Gasteiger partial charge on any atom is -0.298 e. The molecular formula is C11H10BrN3O3S2. The highest BCUT2D eigenvalue weighted by molar-refractivity contribution is 9.10. The van der Waals surface area contributed by atoms with Crippen molar-refractivity contribution in [3.8, 4) is 0 Å². The van der Waals surface area contributed by atoms with Gasteiger partial charge in [0, 0.05) is 4.47 Å². The highest BCUT2D eigenvalue weighted by atomic mass is 79.9. The molecule has 0 bridgehead atoms. The van der Waals surface area contributed by atoms with Crippen molar-refractivity contribution in [2.45, 2.75) is 11.1 Å². The van der Waals surface area contributed by atoms with Crippen LogP contribution in [-0.2, 0) is 10.0 Å². The number of benzene rings is 1. The summed E-state index contributed by atoms with van der Waals surface area (Å²) in [7, 11) is -3.83. The minimum atomic E-state index is -3.83. The molecule has 0 aliphatic rings. The lowest BCUT2D eigenvalue weighted by molar-refractivity contribution is 0.102. The van der Waals surface area contributed by atoms with E-state index in [9.17, 15) is 13.2 Å². The fourth-order valence-electron chi connectivity index (χ4n) is 1.51. The van der Waals surface area contributed by atoms with Crippen molar-refractivity contribution in [1.29, 1.82) is 0 Å². The number of nitrogens with zero attached hydrogens (tertiary/aromatic N) is 1. The summed E-state index contributed by atoms with van der Waals surface area (Å²) in [5.74, 6) is -0.382. The van der Waals surface area contributed by atoms with E-state index in [4.69, 9.17) is 5.14 Å². The Kier molecular flexibility index (Phi) is 4.23. The molecule has 0 saturated heterocycles. The van der Waals surface area contributed by atoms with Crippen LogP contribution in [0.2, 0.25) is 0 Å². The number of carbonyl (C=O) groups is 1. The van der Waals surface area contributed by atoms with Gasteiger partial charge in [0.2, 0.25) is 10.0 Å². The molecule has 1 aromatic carbocycles. The lowest BCUT2D eigenvalue weighted by Gasteiger charge is -2.03. The Bertz CT molecular complexity index is 771. The maximum absolute atomic E-state index is 12.1. The maximum atomic E-state index is 12.1. The first-order valence-electron chi connectivity index (χ1n) is 5.35. The topological polar surface area (TPSA) is 102 Å². The van der Waals surface area contributed by atoms with Gasteiger partial charge in [0.15, 0.2) is 9.34 Å². The van der Waals surface area contributed by atoms with Crippen LogP contribution in [0.25, 0.3) is 0 Å². The Labute approximate surface area is 128 Å². The van der Waals surface area contributed by atoms with Crippen LogP contribution in [-0.4, -0.2) is 19.3 Å². The molecule has 9 heteroatoms. The van der Waals surface area contributed by atoms with Crippen molar-refractivity contribution in [3.63, 3.8) is 0 Å². The van der Waals surface area contributed by atoms with Gasteiger partial charge in [0.05, 0.1) is 11.3 Å². The number of sulfonamides is 1. The molecule has 106 valence electrons. The number of aromatic nitrogens is 1. The molecule has 1 heterocycles. The fourth-order valence-corrected chi connectivity index (χ4v) is 3.83. The molecule has 2 aromatic rings. The SMILES string of the molecule is Cc1nc(NC(=O)c2ccccc2Br)sc1S(N)(=O)=O. The van der Waals surface area contributed by atoms with E-state index in [0.717, 1.165) is 11.3 Å². The molecular weight excluding hydrogens is 366 g/mol. The first-order chi connectivity index (χ1) is 9.29. The van der Waals surface area contributed by atoms with Crippen LogP contribution in [0.4, 0.5) is 5.13 Å². The van der Waals surface area contributed by atoms with Crippen LogP contribution in [0.5, 0.6) is 0 Å². The summed E-state index contributed by atoms with van der Waals surface area (Å²) in [6, 6.07) is 6.88. The molecule has 3 N–H and O–H groups in total. The lowest BCUT2D eigenvalue weighted by atomic mass is 10.2. The quantitative estimate of drug-likeness (QED) is 0.857. The molecule has 0 spiro atoms. The van der Waals surface area contributed by atoms with Crippen molar-refractivity contribution < 1.29 is 13.2 Å². The first kappa shape index (κ1) is 15.1. The van der Waals surface area contributed by atoms with Crippen LogP contribution in [0.15, 0.2) is 32.9 Å². The number of rotatable bonds is 3. The van der Waals surface area contributed by atoms with Gasteiger partial charge in [-0.15, -0.1) is 0 Å². The molecule has 1 amide bonds. The number of aryl methyl sites for hydroxylation is 1. The van der Waals surface area contributed by atoms with Gasteiger partial charge in [-0.25, -0.2) is 18.5 Å². The molecule has 0 aliphatic carbocycles. The molecule has 0 atom stereocenters. The van der Waals surface area contributed by atoms with E-state index in [1.807, 2.05) is 0 Å². The molecule has 0 saturated carbocycles. The minimum absolute atomic E-state index is 0.0556. The lowest BCUT2D eigenvalue weighted by Crippen LogP contribution is -2.12. The predicted molar refractivity (Wildman–Crippen MR) is 80.3 cm³/mol. The van der Waals surface area contributed by atoms with E-state index in [1.165, 1.54) is 6.92 Å². The van der Waals surface area contributed by atoms with Crippen LogP contribution in [0, 0.1) is 6.92 Å². The number of nitrogens with one attached hydrogen (secondary N) is 1. The number of carbonyl (C=O) groups excluding carboxylic acids is 1. The zero-order chi connectivity index (χ0) is 14.9. The van der Waals surface area contributed by atoms with Crippen LogP contribution in [0.1, 0.15) is 16.1 Å². The molecule has 0 unspecified atom stereocenters. The Morgan fingerprint density at radius 3 is 2.60 bits per heavy atom. The third-order valence-electron chi connectivity index (χ3n) is 2.35. The second kappa shape index (κ2) is 5.60. The number of hydrogen-bond donors (Lipinski definition) is 2. The van der Waals surface area contributed by atoms with Gasteiger partial charge < -0.3 is 0 Å². The van der Waals surface area contributed by atoms with Gasteiger partial charge in [-0.1, -0.05) is 23.5 Å². The summed E-state index contributed by atoms with van der Waals surface area (Å²) < 4.78 is 23.2. The normalized spacial score (nSPS) is 11.3. The second-order valence-corrected chi connectivity index (χ2v) is 7.48. The number of nitrogens with two attached hydrogens (primary N) is 1. The van der Waals surface area contributed by atoms with Crippen molar-refractivity contribution in [2.75, 3.05) is 5.32 Å². The third kappa shape index (κ3) is 3.23. The largest absolute Gasteiger partial charge is 0.298 e. The monoisotopic (exact) mass is 375 g/mol. The predicted octanol–water partition coefficient (Wildman–Crippen LogP) is 2.11. The highest BCUT2D eigenvalue weighted by Crippen LogP contribution is 2.27. The Balaban J connectivity index is 2.28. The highest BCUT2D eigenvalue weighted by Gasteiger charge is 2.19. The molecule has 0 fully saturated rings. The van der Waals surface area contributed by atoms with Crippen molar-refractivity contribution in [3.05, 3.63) is 40.0 Å². The molecule has 1 aromatic heterocycles. The van der Waals surface area contributed by atoms with Gasteiger partial charge in [-0.3, -0.25) is 10.1 Å². The van der Waals surface area contributed by atoms with Crippen LogP contribution in [0.3, 0.4) is 0 Å². The molecule has 6 nitrogen and oxygen atoms in total. The van der Waals surface area contributed by atoms with Crippen LogP contribution < -0.4 is 10.5 Å². The molecule has 0 radical (unpaired) electrons.